The quantitative estimate of drug-likeness (QED) is 0.714. The van der Waals surface area contributed by atoms with Crippen molar-refractivity contribution in [3.63, 3.8) is 0 Å². The number of benzene rings is 1. The second-order valence-electron chi connectivity index (χ2n) is 3.84. The monoisotopic (exact) mass is 284 g/mol. The molecular formula is C13H17BrO2. The third-order valence-corrected chi connectivity index (χ3v) is 2.78. The van der Waals surface area contributed by atoms with Gasteiger partial charge in [-0.1, -0.05) is 28.1 Å². The standard InChI is InChI=1S/C13H17BrO2/c1-11(15)4-2-3-9-16-10-12-5-7-13(14)8-6-12/h5-8H,2-4,9-10H2,1H3. The number of rotatable bonds is 7. The van der Waals surface area contributed by atoms with Crippen LogP contribution >= 0.6 is 15.9 Å². The summed E-state index contributed by atoms with van der Waals surface area (Å²) in [5.74, 6) is 0.257. The van der Waals surface area contributed by atoms with Gasteiger partial charge >= 0.3 is 0 Å². The zero-order valence-corrected chi connectivity index (χ0v) is 11.1. The molecule has 0 unspecified atom stereocenters. The van der Waals surface area contributed by atoms with Gasteiger partial charge in [0.05, 0.1) is 6.61 Å². The summed E-state index contributed by atoms with van der Waals surface area (Å²) in [4.78, 5) is 10.7. The molecule has 0 aliphatic heterocycles. The Morgan fingerprint density at radius 3 is 2.56 bits per heavy atom. The molecule has 2 nitrogen and oxygen atoms in total. The van der Waals surface area contributed by atoms with Crippen LogP contribution in [0.15, 0.2) is 28.7 Å². The molecule has 88 valence electrons. The van der Waals surface area contributed by atoms with Crippen LogP contribution in [0.25, 0.3) is 0 Å². The lowest BCUT2D eigenvalue weighted by Gasteiger charge is -2.04. The molecule has 0 radical (unpaired) electrons. The minimum absolute atomic E-state index is 0.257. The van der Waals surface area contributed by atoms with E-state index in [1.807, 2.05) is 24.3 Å². The van der Waals surface area contributed by atoms with E-state index in [-0.39, 0.29) is 5.78 Å². The Balaban J connectivity index is 2.07. The van der Waals surface area contributed by atoms with E-state index in [4.69, 9.17) is 4.74 Å². The van der Waals surface area contributed by atoms with Crippen molar-refractivity contribution in [1.29, 1.82) is 0 Å². The molecule has 1 aromatic carbocycles. The Morgan fingerprint density at radius 1 is 1.25 bits per heavy atom. The summed E-state index contributed by atoms with van der Waals surface area (Å²) < 4.78 is 6.60. The highest BCUT2D eigenvalue weighted by Gasteiger charge is 1.95. The topological polar surface area (TPSA) is 26.3 Å². The average Bonchev–Trinajstić information content (AvgIpc) is 2.25. The summed E-state index contributed by atoms with van der Waals surface area (Å²) in [6.07, 6.45) is 2.55. The van der Waals surface area contributed by atoms with Crippen LogP contribution in [-0.4, -0.2) is 12.4 Å². The van der Waals surface area contributed by atoms with E-state index in [1.165, 1.54) is 5.56 Å². The van der Waals surface area contributed by atoms with Crippen LogP contribution in [0, 0.1) is 0 Å². The van der Waals surface area contributed by atoms with Crippen molar-refractivity contribution >= 4 is 21.7 Å². The molecule has 0 aromatic heterocycles. The fraction of sp³-hybridized carbons (Fsp3) is 0.462. The Bertz CT molecular complexity index is 319. The fourth-order valence-electron chi connectivity index (χ4n) is 1.35. The molecule has 0 N–H and O–H groups in total. The third-order valence-electron chi connectivity index (χ3n) is 2.25. The van der Waals surface area contributed by atoms with Gasteiger partial charge in [0.25, 0.3) is 0 Å². The molecule has 0 saturated carbocycles. The predicted molar refractivity (Wildman–Crippen MR) is 68.3 cm³/mol. The van der Waals surface area contributed by atoms with Gasteiger partial charge in [-0.3, -0.25) is 0 Å². The summed E-state index contributed by atoms with van der Waals surface area (Å²) in [6, 6.07) is 8.10. The van der Waals surface area contributed by atoms with Gasteiger partial charge in [-0.25, -0.2) is 0 Å². The minimum atomic E-state index is 0.257. The zero-order chi connectivity index (χ0) is 11.8. The van der Waals surface area contributed by atoms with Crippen molar-refractivity contribution in [3.8, 4) is 0 Å². The number of ether oxygens (including phenoxy) is 1. The average molecular weight is 285 g/mol. The van der Waals surface area contributed by atoms with E-state index < -0.39 is 0 Å². The summed E-state index contributed by atoms with van der Waals surface area (Å²) in [6.45, 7) is 3.00. The first kappa shape index (κ1) is 13.4. The molecule has 0 bridgehead atoms. The first-order chi connectivity index (χ1) is 7.68. The molecule has 0 saturated heterocycles. The summed E-state index contributed by atoms with van der Waals surface area (Å²) in [5, 5.41) is 0. The van der Waals surface area contributed by atoms with Crippen molar-refractivity contribution < 1.29 is 9.53 Å². The van der Waals surface area contributed by atoms with E-state index in [2.05, 4.69) is 15.9 Å². The maximum absolute atomic E-state index is 10.7. The van der Waals surface area contributed by atoms with E-state index >= 15 is 0 Å². The number of hydrogen-bond donors (Lipinski definition) is 0. The second-order valence-corrected chi connectivity index (χ2v) is 4.75. The van der Waals surface area contributed by atoms with Gasteiger partial charge in [0.15, 0.2) is 0 Å². The minimum Gasteiger partial charge on any atom is -0.377 e. The Hall–Kier alpha value is -0.670. The van der Waals surface area contributed by atoms with Crippen LogP contribution < -0.4 is 0 Å². The first-order valence-corrected chi connectivity index (χ1v) is 6.29. The van der Waals surface area contributed by atoms with Crippen LogP contribution in [0.2, 0.25) is 0 Å². The summed E-state index contributed by atoms with van der Waals surface area (Å²) in [5.41, 5.74) is 1.18. The molecule has 1 rings (SSSR count). The molecule has 0 amide bonds. The smallest absolute Gasteiger partial charge is 0.129 e. The molecular weight excluding hydrogens is 268 g/mol. The molecule has 0 atom stereocenters. The van der Waals surface area contributed by atoms with Gasteiger partial charge in [-0.2, -0.15) is 0 Å². The highest BCUT2D eigenvalue weighted by Crippen LogP contribution is 2.11. The van der Waals surface area contributed by atoms with Crippen molar-refractivity contribution in [2.75, 3.05) is 6.61 Å². The lowest BCUT2D eigenvalue weighted by Crippen LogP contribution is -1.97. The molecule has 0 aliphatic carbocycles. The third kappa shape index (κ3) is 6.03. The number of carbonyl (C=O) groups excluding carboxylic acids is 1. The zero-order valence-electron chi connectivity index (χ0n) is 9.54. The van der Waals surface area contributed by atoms with Gasteiger partial charge in [0.1, 0.15) is 5.78 Å². The molecule has 0 aliphatic rings. The van der Waals surface area contributed by atoms with Gasteiger partial charge in [0.2, 0.25) is 0 Å². The van der Waals surface area contributed by atoms with Crippen LogP contribution in [-0.2, 0) is 16.1 Å². The lowest BCUT2D eigenvalue weighted by atomic mass is 10.2. The van der Waals surface area contributed by atoms with Gasteiger partial charge in [-0.15, -0.1) is 0 Å². The maximum Gasteiger partial charge on any atom is 0.129 e. The predicted octanol–water partition coefficient (Wildman–Crippen LogP) is 3.73. The number of carbonyl (C=O) groups is 1. The van der Waals surface area contributed by atoms with E-state index in [1.54, 1.807) is 6.92 Å². The molecule has 0 heterocycles. The molecule has 0 spiro atoms. The van der Waals surface area contributed by atoms with E-state index in [0.717, 1.165) is 23.9 Å². The fourth-order valence-corrected chi connectivity index (χ4v) is 1.61. The molecule has 16 heavy (non-hydrogen) atoms. The normalized spacial score (nSPS) is 10.4. The summed E-state index contributed by atoms with van der Waals surface area (Å²) >= 11 is 3.39. The van der Waals surface area contributed by atoms with E-state index in [0.29, 0.717) is 13.0 Å². The van der Waals surface area contributed by atoms with Crippen molar-refractivity contribution in [1.82, 2.24) is 0 Å². The van der Waals surface area contributed by atoms with Crippen LogP contribution in [0.1, 0.15) is 31.7 Å². The number of unbranched alkanes of at least 4 members (excludes halogenated alkanes) is 1. The largest absolute Gasteiger partial charge is 0.377 e. The van der Waals surface area contributed by atoms with Crippen LogP contribution in [0.5, 0.6) is 0 Å². The number of hydrogen-bond acceptors (Lipinski definition) is 2. The first-order valence-electron chi connectivity index (χ1n) is 5.50. The van der Waals surface area contributed by atoms with Gasteiger partial charge in [0, 0.05) is 17.5 Å². The van der Waals surface area contributed by atoms with Gasteiger partial charge in [-0.05, 0) is 37.5 Å². The van der Waals surface area contributed by atoms with Crippen molar-refractivity contribution in [2.24, 2.45) is 0 Å². The number of Topliss-reactive ketones (excluding diaryl/α,β-unsaturated/α-hetero) is 1. The Kier molecular flexibility index (Phi) is 6.34. The highest BCUT2D eigenvalue weighted by molar-refractivity contribution is 9.10. The Labute approximate surface area is 105 Å². The molecule has 3 heteroatoms. The highest BCUT2D eigenvalue weighted by atomic mass is 79.9. The lowest BCUT2D eigenvalue weighted by molar-refractivity contribution is -0.117. The van der Waals surface area contributed by atoms with Crippen molar-refractivity contribution in [3.05, 3.63) is 34.3 Å². The SMILES string of the molecule is CC(=O)CCCCOCc1ccc(Br)cc1. The van der Waals surface area contributed by atoms with Crippen molar-refractivity contribution in [2.45, 2.75) is 32.8 Å². The van der Waals surface area contributed by atoms with E-state index in [9.17, 15) is 4.79 Å². The van der Waals surface area contributed by atoms with Crippen LogP contribution in [0.3, 0.4) is 0 Å². The van der Waals surface area contributed by atoms with Gasteiger partial charge < -0.3 is 9.53 Å². The number of ketones is 1. The second kappa shape index (κ2) is 7.58. The maximum atomic E-state index is 10.7. The summed E-state index contributed by atoms with van der Waals surface area (Å²) in [7, 11) is 0. The Morgan fingerprint density at radius 2 is 1.94 bits per heavy atom. The number of halogens is 1. The molecule has 0 fully saturated rings. The molecule has 1 aromatic rings. The van der Waals surface area contributed by atoms with Crippen LogP contribution in [0.4, 0.5) is 0 Å².